The maximum absolute atomic E-state index is 13.3. The van der Waals surface area contributed by atoms with Gasteiger partial charge in [0.25, 0.3) is 0 Å². The highest BCUT2D eigenvalue weighted by molar-refractivity contribution is 7.90. The molecule has 0 saturated carbocycles. The van der Waals surface area contributed by atoms with Crippen molar-refractivity contribution in [3.8, 4) is 0 Å². The van der Waals surface area contributed by atoms with Crippen LogP contribution in [0, 0.1) is 5.82 Å². The van der Waals surface area contributed by atoms with Gasteiger partial charge in [-0.15, -0.1) is 11.6 Å². The number of rotatable bonds is 4. The molecule has 0 radical (unpaired) electrons. The summed E-state index contributed by atoms with van der Waals surface area (Å²) in [7, 11) is -3.14. The van der Waals surface area contributed by atoms with Gasteiger partial charge in [0, 0.05) is 12.3 Å². The lowest BCUT2D eigenvalue weighted by molar-refractivity contribution is 0.560. The summed E-state index contributed by atoms with van der Waals surface area (Å²) < 4.78 is 37.8. The quantitative estimate of drug-likeness (QED) is 0.816. The second-order valence-electron chi connectivity index (χ2n) is 4.61. The number of benzene rings is 1. The first-order chi connectivity index (χ1) is 8.81. The summed E-state index contributed by atoms with van der Waals surface area (Å²) in [5, 5.41) is 0. The van der Waals surface area contributed by atoms with E-state index in [2.05, 4.69) is 4.98 Å². The van der Waals surface area contributed by atoms with E-state index in [9.17, 15) is 12.8 Å². The van der Waals surface area contributed by atoms with Gasteiger partial charge >= 0.3 is 0 Å². The van der Waals surface area contributed by atoms with Crippen molar-refractivity contribution in [2.24, 2.45) is 0 Å². The van der Waals surface area contributed by atoms with Gasteiger partial charge in [0.1, 0.15) is 21.5 Å². The molecule has 0 aliphatic heterocycles. The van der Waals surface area contributed by atoms with Crippen LogP contribution in [0.5, 0.6) is 0 Å². The predicted octanol–water partition coefficient (Wildman–Crippen LogP) is 2.52. The monoisotopic (exact) mass is 304 g/mol. The normalized spacial score (nSPS) is 13.9. The van der Waals surface area contributed by atoms with E-state index >= 15 is 0 Å². The zero-order valence-electron chi connectivity index (χ0n) is 10.6. The van der Waals surface area contributed by atoms with Gasteiger partial charge in [-0.3, -0.25) is 0 Å². The van der Waals surface area contributed by atoms with Gasteiger partial charge in [0.15, 0.2) is 0 Å². The van der Waals surface area contributed by atoms with E-state index in [0.29, 0.717) is 16.9 Å². The maximum atomic E-state index is 13.3. The van der Waals surface area contributed by atoms with Crippen LogP contribution in [-0.4, -0.2) is 30.0 Å². The third kappa shape index (κ3) is 3.06. The molecule has 104 valence electrons. The SMILES string of the molecule is CC(CS(C)(=O)=O)n1c(CCl)nc2ccc(F)cc21. The molecule has 0 amide bonds. The first-order valence-corrected chi connectivity index (χ1v) is 8.31. The topological polar surface area (TPSA) is 52.0 Å². The summed E-state index contributed by atoms with van der Waals surface area (Å²) in [6.07, 6.45) is 1.17. The molecule has 1 aromatic carbocycles. The van der Waals surface area contributed by atoms with Gasteiger partial charge in [-0.25, -0.2) is 17.8 Å². The van der Waals surface area contributed by atoms with E-state index in [1.54, 1.807) is 17.6 Å². The van der Waals surface area contributed by atoms with Crippen molar-refractivity contribution in [3.63, 3.8) is 0 Å². The number of hydrogen-bond donors (Lipinski definition) is 0. The number of sulfone groups is 1. The standard InChI is InChI=1S/C12H14ClFN2O2S/c1-8(7-19(2,17)18)16-11-5-9(14)3-4-10(11)15-12(16)6-13/h3-5,8H,6-7H2,1-2H3. The third-order valence-corrected chi connectivity index (χ3v) is 4.16. The summed E-state index contributed by atoms with van der Waals surface area (Å²) in [4.78, 5) is 4.29. The summed E-state index contributed by atoms with van der Waals surface area (Å²) >= 11 is 5.83. The van der Waals surface area contributed by atoms with Gasteiger partial charge in [-0.2, -0.15) is 0 Å². The van der Waals surface area contributed by atoms with Gasteiger partial charge in [0.2, 0.25) is 0 Å². The molecule has 4 nitrogen and oxygen atoms in total. The van der Waals surface area contributed by atoms with E-state index in [1.807, 2.05) is 0 Å². The number of aromatic nitrogens is 2. The molecule has 1 aromatic heterocycles. The number of fused-ring (bicyclic) bond motifs is 1. The van der Waals surface area contributed by atoms with E-state index in [4.69, 9.17) is 11.6 Å². The highest BCUT2D eigenvalue weighted by Crippen LogP contribution is 2.24. The Hall–Kier alpha value is -1.14. The fourth-order valence-electron chi connectivity index (χ4n) is 2.21. The number of imidazole rings is 1. The van der Waals surface area contributed by atoms with Crippen LogP contribution < -0.4 is 0 Å². The Morgan fingerprint density at radius 2 is 2.16 bits per heavy atom. The second kappa shape index (κ2) is 5.09. The van der Waals surface area contributed by atoms with Gasteiger partial charge in [-0.05, 0) is 25.1 Å². The van der Waals surface area contributed by atoms with Crippen molar-refractivity contribution in [1.82, 2.24) is 9.55 Å². The minimum absolute atomic E-state index is 0.0428. The molecule has 1 atom stereocenters. The molecule has 2 aromatic rings. The highest BCUT2D eigenvalue weighted by Gasteiger charge is 2.19. The Morgan fingerprint density at radius 3 is 2.74 bits per heavy atom. The molecule has 0 fully saturated rings. The summed E-state index contributed by atoms with van der Waals surface area (Å²) in [6.45, 7) is 1.75. The van der Waals surface area contributed by atoms with E-state index in [0.717, 1.165) is 0 Å². The minimum Gasteiger partial charge on any atom is -0.323 e. The van der Waals surface area contributed by atoms with Gasteiger partial charge < -0.3 is 4.57 Å². The van der Waals surface area contributed by atoms with Crippen LogP contribution in [0.2, 0.25) is 0 Å². The van der Waals surface area contributed by atoms with Crippen molar-refractivity contribution < 1.29 is 12.8 Å². The number of nitrogens with zero attached hydrogens (tertiary/aromatic N) is 2. The molecule has 1 heterocycles. The first-order valence-electron chi connectivity index (χ1n) is 5.72. The van der Waals surface area contributed by atoms with Crippen molar-refractivity contribution in [2.75, 3.05) is 12.0 Å². The number of halogens is 2. The number of hydrogen-bond acceptors (Lipinski definition) is 3. The molecule has 0 bridgehead atoms. The molecule has 0 spiro atoms. The Morgan fingerprint density at radius 1 is 1.47 bits per heavy atom. The third-order valence-electron chi connectivity index (χ3n) is 2.83. The Kier molecular flexibility index (Phi) is 3.82. The Labute approximate surface area is 116 Å². The summed E-state index contributed by atoms with van der Waals surface area (Å²) in [6, 6.07) is 3.87. The average Bonchev–Trinajstić information content (AvgIpc) is 2.64. The van der Waals surface area contributed by atoms with Crippen molar-refractivity contribution >= 4 is 32.5 Å². The van der Waals surface area contributed by atoms with Crippen LogP contribution in [0.4, 0.5) is 4.39 Å². The summed E-state index contributed by atoms with van der Waals surface area (Å²) in [5.74, 6) is 0.253. The Balaban J connectivity index is 2.59. The smallest absolute Gasteiger partial charge is 0.149 e. The van der Waals surface area contributed by atoms with Crippen LogP contribution in [-0.2, 0) is 15.7 Å². The fourth-order valence-corrected chi connectivity index (χ4v) is 3.43. The van der Waals surface area contributed by atoms with Crippen molar-refractivity contribution in [2.45, 2.75) is 18.8 Å². The van der Waals surface area contributed by atoms with E-state index in [-0.39, 0.29) is 23.5 Å². The molecule has 19 heavy (non-hydrogen) atoms. The summed E-state index contributed by atoms with van der Waals surface area (Å²) in [5.41, 5.74) is 1.17. The highest BCUT2D eigenvalue weighted by atomic mass is 35.5. The largest absolute Gasteiger partial charge is 0.323 e. The van der Waals surface area contributed by atoms with Crippen LogP contribution >= 0.6 is 11.6 Å². The molecule has 7 heteroatoms. The minimum atomic E-state index is -3.14. The molecule has 0 aliphatic carbocycles. The van der Waals surface area contributed by atoms with E-state index < -0.39 is 9.84 Å². The Bertz CT molecular complexity index is 712. The first kappa shape index (κ1) is 14.3. The second-order valence-corrected chi connectivity index (χ2v) is 7.06. The molecular formula is C12H14ClFN2O2S. The van der Waals surface area contributed by atoms with Crippen LogP contribution in [0.1, 0.15) is 18.8 Å². The average molecular weight is 305 g/mol. The molecule has 0 aliphatic rings. The molecule has 0 N–H and O–H groups in total. The molecular weight excluding hydrogens is 291 g/mol. The lowest BCUT2D eigenvalue weighted by Crippen LogP contribution is -2.18. The molecule has 2 rings (SSSR count). The van der Waals surface area contributed by atoms with Crippen LogP contribution in [0.25, 0.3) is 11.0 Å². The molecule has 0 saturated heterocycles. The van der Waals surface area contributed by atoms with E-state index in [1.165, 1.54) is 18.4 Å². The fraction of sp³-hybridized carbons (Fsp3) is 0.417. The lowest BCUT2D eigenvalue weighted by atomic mass is 10.3. The van der Waals surface area contributed by atoms with Crippen molar-refractivity contribution in [3.05, 3.63) is 29.8 Å². The predicted molar refractivity (Wildman–Crippen MR) is 73.7 cm³/mol. The lowest BCUT2D eigenvalue weighted by Gasteiger charge is -2.16. The zero-order valence-corrected chi connectivity index (χ0v) is 12.2. The number of alkyl halides is 1. The van der Waals surface area contributed by atoms with Gasteiger partial charge in [0.05, 0.1) is 22.7 Å². The van der Waals surface area contributed by atoms with Crippen molar-refractivity contribution in [1.29, 1.82) is 0 Å². The van der Waals surface area contributed by atoms with Crippen LogP contribution in [0.3, 0.4) is 0 Å². The molecule has 1 unspecified atom stereocenters. The zero-order chi connectivity index (χ0) is 14.2. The van der Waals surface area contributed by atoms with Gasteiger partial charge in [-0.1, -0.05) is 0 Å². The van der Waals surface area contributed by atoms with Crippen LogP contribution in [0.15, 0.2) is 18.2 Å². The maximum Gasteiger partial charge on any atom is 0.149 e.